The van der Waals surface area contributed by atoms with Crippen molar-refractivity contribution in [3.63, 3.8) is 0 Å². The van der Waals surface area contributed by atoms with Gasteiger partial charge in [-0.3, -0.25) is 9.80 Å². The molecule has 3 fully saturated rings. The molecule has 4 heteroatoms. The lowest BCUT2D eigenvalue weighted by Gasteiger charge is -2.37. The van der Waals surface area contributed by atoms with Crippen LogP contribution >= 0.6 is 0 Å². The number of nitrogens with zero attached hydrogens (tertiary/aromatic N) is 2. The minimum absolute atomic E-state index is 0.318. The summed E-state index contributed by atoms with van der Waals surface area (Å²) in [5, 5.41) is 0. The minimum atomic E-state index is 0.318. The molecule has 3 aliphatic heterocycles. The number of likely N-dealkylation sites (tertiary alicyclic amines) is 2. The van der Waals surface area contributed by atoms with E-state index in [-0.39, 0.29) is 0 Å². The van der Waals surface area contributed by atoms with Gasteiger partial charge in [0.25, 0.3) is 0 Å². The first-order valence-corrected chi connectivity index (χ1v) is 7.66. The van der Waals surface area contributed by atoms with Crippen molar-refractivity contribution >= 4 is 0 Å². The van der Waals surface area contributed by atoms with E-state index in [1.54, 1.807) is 0 Å². The second kappa shape index (κ2) is 5.87. The highest BCUT2D eigenvalue weighted by atomic mass is 16.5. The SMILES string of the molecule is NC1CCOCC1N1CCC(N2CCCCC2)C1. The molecule has 2 N–H and O–H groups in total. The van der Waals surface area contributed by atoms with Gasteiger partial charge in [0, 0.05) is 37.8 Å². The van der Waals surface area contributed by atoms with Crippen LogP contribution in [0.4, 0.5) is 0 Å². The number of hydrogen-bond acceptors (Lipinski definition) is 4. The van der Waals surface area contributed by atoms with Gasteiger partial charge in [0.1, 0.15) is 0 Å². The number of nitrogens with two attached hydrogens (primary N) is 1. The van der Waals surface area contributed by atoms with Gasteiger partial charge in [0.2, 0.25) is 0 Å². The Labute approximate surface area is 110 Å². The first kappa shape index (κ1) is 12.9. The smallest absolute Gasteiger partial charge is 0.0636 e. The molecule has 3 atom stereocenters. The number of hydrogen-bond donors (Lipinski definition) is 1. The van der Waals surface area contributed by atoms with Crippen molar-refractivity contribution in [1.29, 1.82) is 0 Å². The van der Waals surface area contributed by atoms with Crippen LogP contribution in [-0.2, 0) is 4.74 Å². The molecule has 0 spiro atoms. The van der Waals surface area contributed by atoms with Gasteiger partial charge in [-0.05, 0) is 38.8 Å². The monoisotopic (exact) mass is 253 g/mol. The summed E-state index contributed by atoms with van der Waals surface area (Å²) in [5.41, 5.74) is 6.25. The number of rotatable bonds is 2. The van der Waals surface area contributed by atoms with Gasteiger partial charge >= 0.3 is 0 Å². The summed E-state index contributed by atoms with van der Waals surface area (Å²) >= 11 is 0. The van der Waals surface area contributed by atoms with E-state index in [1.807, 2.05) is 0 Å². The maximum Gasteiger partial charge on any atom is 0.0636 e. The van der Waals surface area contributed by atoms with Crippen LogP contribution in [0.25, 0.3) is 0 Å². The fourth-order valence-electron chi connectivity index (χ4n) is 3.77. The Morgan fingerprint density at radius 1 is 0.944 bits per heavy atom. The first-order chi connectivity index (χ1) is 8.84. The first-order valence-electron chi connectivity index (χ1n) is 7.66. The van der Waals surface area contributed by atoms with Crippen LogP contribution in [-0.4, -0.2) is 67.3 Å². The van der Waals surface area contributed by atoms with Crippen LogP contribution in [0.5, 0.6) is 0 Å². The molecule has 0 aromatic heterocycles. The average molecular weight is 253 g/mol. The van der Waals surface area contributed by atoms with E-state index in [0.29, 0.717) is 12.1 Å². The highest BCUT2D eigenvalue weighted by Crippen LogP contribution is 2.24. The summed E-state index contributed by atoms with van der Waals surface area (Å²) in [6, 6.07) is 1.56. The third kappa shape index (κ3) is 2.72. The predicted molar refractivity (Wildman–Crippen MR) is 72.6 cm³/mol. The Morgan fingerprint density at radius 2 is 1.78 bits per heavy atom. The van der Waals surface area contributed by atoms with Crippen LogP contribution in [0.1, 0.15) is 32.1 Å². The summed E-state index contributed by atoms with van der Waals surface area (Å²) in [6.45, 7) is 6.73. The molecule has 3 unspecified atom stereocenters. The molecule has 3 rings (SSSR count). The summed E-state index contributed by atoms with van der Waals surface area (Å²) in [7, 11) is 0. The van der Waals surface area contributed by atoms with Crippen LogP contribution in [0.3, 0.4) is 0 Å². The molecule has 104 valence electrons. The third-order valence-electron chi connectivity index (χ3n) is 4.95. The van der Waals surface area contributed by atoms with Gasteiger partial charge in [-0.15, -0.1) is 0 Å². The molecule has 0 amide bonds. The van der Waals surface area contributed by atoms with E-state index >= 15 is 0 Å². The zero-order valence-electron chi connectivity index (χ0n) is 11.4. The highest BCUT2D eigenvalue weighted by molar-refractivity contribution is 4.92. The van der Waals surface area contributed by atoms with E-state index < -0.39 is 0 Å². The zero-order chi connectivity index (χ0) is 12.4. The van der Waals surface area contributed by atoms with Crippen LogP contribution in [0, 0.1) is 0 Å². The lowest BCUT2D eigenvalue weighted by molar-refractivity contribution is 0.0114. The van der Waals surface area contributed by atoms with Gasteiger partial charge in [-0.1, -0.05) is 6.42 Å². The van der Waals surface area contributed by atoms with Crippen molar-refractivity contribution in [2.75, 3.05) is 39.4 Å². The van der Waals surface area contributed by atoms with Crippen LogP contribution in [0.2, 0.25) is 0 Å². The maximum absolute atomic E-state index is 6.25. The van der Waals surface area contributed by atoms with Crippen LogP contribution < -0.4 is 5.73 Å². The quantitative estimate of drug-likeness (QED) is 0.785. The second-order valence-corrected chi connectivity index (χ2v) is 6.13. The third-order valence-corrected chi connectivity index (χ3v) is 4.95. The van der Waals surface area contributed by atoms with Gasteiger partial charge in [-0.2, -0.15) is 0 Å². The van der Waals surface area contributed by atoms with Crippen LogP contribution in [0.15, 0.2) is 0 Å². The van der Waals surface area contributed by atoms with Gasteiger partial charge in [-0.25, -0.2) is 0 Å². The minimum Gasteiger partial charge on any atom is -0.380 e. The summed E-state index contributed by atoms with van der Waals surface area (Å²) in [6.07, 6.45) is 6.55. The maximum atomic E-state index is 6.25. The molecule has 0 aromatic carbocycles. The standard InChI is InChI=1S/C14H27N3O/c15-13-5-9-18-11-14(13)17-8-4-12(10-17)16-6-2-1-3-7-16/h12-14H,1-11,15H2. The van der Waals surface area contributed by atoms with Gasteiger partial charge in [0.05, 0.1) is 6.61 Å². The molecule has 0 radical (unpaired) electrons. The Morgan fingerprint density at radius 3 is 2.56 bits per heavy atom. The van der Waals surface area contributed by atoms with E-state index in [1.165, 1.54) is 51.9 Å². The second-order valence-electron chi connectivity index (χ2n) is 6.13. The lowest BCUT2D eigenvalue weighted by Crippen LogP contribution is -2.53. The highest BCUT2D eigenvalue weighted by Gasteiger charge is 2.35. The van der Waals surface area contributed by atoms with Gasteiger partial charge < -0.3 is 10.5 Å². The Balaban J connectivity index is 1.53. The molecule has 18 heavy (non-hydrogen) atoms. The van der Waals surface area contributed by atoms with Crippen molar-refractivity contribution in [2.45, 2.75) is 50.2 Å². The van der Waals surface area contributed by atoms with E-state index in [2.05, 4.69) is 9.80 Å². The molecular formula is C14H27N3O. The van der Waals surface area contributed by atoms with Crippen molar-refractivity contribution < 1.29 is 4.74 Å². The van der Waals surface area contributed by atoms with Crippen molar-refractivity contribution in [3.8, 4) is 0 Å². The molecule has 0 aromatic rings. The van der Waals surface area contributed by atoms with Gasteiger partial charge in [0.15, 0.2) is 0 Å². The summed E-state index contributed by atoms with van der Waals surface area (Å²) < 4.78 is 5.61. The van der Waals surface area contributed by atoms with Crippen molar-refractivity contribution in [2.24, 2.45) is 5.73 Å². The Kier molecular flexibility index (Phi) is 4.19. The molecule has 0 aliphatic carbocycles. The number of piperidine rings is 1. The molecule has 0 saturated carbocycles. The summed E-state index contributed by atoms with van der Waals surface area (Å²) in [5.74, 6) is 0. The summed E-state index contributed by atoms with van der Waals surface area (Å²) in [4.78, 5) is 5.29. The van der Waals surface area contributed by atoms with E-state index in [4.69, 9.17) is 10.5 Å². The van der Waals surface area contributed by atoms with Crippen molar-refractivity contribution in [3.05, 3.63) is 0 Å². The molecule has 3 saturated heterocycles. The molecule has 4 nitrogen and oxygen atoms in total. The van der Waals surface area contributed by atoms with Crippen molar-refractivity contribution in [1.82, 2.24) is 9.80 Å². The fourth-order valence-corrected chi connectivity index (χ4v) is 3.77. The normalized spacial score (nSPS) is 40.2. The Bertz CT molecular complexity index is 268. The molecular weight excluding hydrogens is 226 g/mol. The topological polar surface area (TPSA) is 41.7 Å². The van der Waals surface area contributed by atoms with E-state index in [0.717, 1.165) is 25.7 Å². The molecule has 3 heterocycles. The van der Waals surface area contributed by atoms with E-state index in [9.17, 15) is 0 Å². The number of ether oxygens (including phenoxy) is 1. The fraction of sp³-hybridized carbons (Fsp3) is 1.00. The largest absolute Gasteiger partial charge is 0.380 e. The predicted octanol–water partition coefficient (Wildman–Crippen LogP) is 0.663. The lowest BCUT2D eigenvalue weighted by atomic mass is 10.0. The molecule has 3 aliphatic rings. The zero-order valence-corrected chi connectivity index (χ0v) is 11.4. The Hall–Kier alpha value is -0.160. The average Bonchev–Trinajstić information content (AvgIpc) is 2.90. The molecule has 0 bridgehead atoms.